The second-order valence-corrected chi connectivity index (χ2v) is 4.91. The summed E-state index contributed by atoms with van der Waals surface area (Å²) in [5.41, 5.74) is -0.738. The van der Waals surface area contributed by atoms with Crippen molar-refractivity contribution in [2.75, 3.05) is 13.1 Å². The summed E-state index contributed by atoms with van der Waals surface area (Å²) in [6.07, 6.45) is 0.497. The van der Waals surface area contributed by atoms with Crippen LogP contribution in [0.2, 0.25) is 0 Å². The van der Waals surface area contributed by atoms with Crippen LogP contribution in [0.15, 0.2) is 0 Å². The number of ketones is 1. The van der Waals surface area contributed by atoms with Gasteiger partial charge in [-0.3, -0.25) is 9.64 Å². The molecule has 0 unspecified atom stereocenters. The van der Waals surface area contributed by atoms with Crippen LogP contribution in [-0.4, -0.2) is 24.4 Å². The maximum Gasteiger partial charge on any atom is 0.313 e. The third-order valence-corrected chi connectivity index (χ3v) is 2.26. The van der Waals surface area contributed by atoms with Crippen molar-refractivity contribution in [1.82, 2.24) is 5.32 Å². The highest BCUT2D eigenvalue weighted by atomic mass is 16.1. The van der Waals surface area contributed by atoms with Crippen molar-refractivity contribution >= 4 is 5.78 Å². The van der Waals surface area contributed by atoms with Crippen molar-refractivity contribution in [1.29, 1.82) is 0 Å². The highest BCUT2D eigenvalue weighted by Crippen LogP contribution is 2.27. The SMILES string of the molecule is [C-]#[N+]C1(C(=O)CC(C)(C)C)CNC1. The van der Waals surface area contributed by atoms with E-state index in [0.717, 1.165) is 0 Å². The topological polar surface area (TPSA) is 33.5 Å². The molecule has 0 atom stereocenters. The average Bonchev–Trinajstić information content (AvgIpc) is 1.80. The van der Waals surface area contributed by atoms with Gasteiger partial charge in [-0.1, -0.05) is 20.8 Å². The fourth-order valence-corrected chi connectivity index (χ4v) is 1.35. The number of carbonyl (C=O) groups is 1. The van der Waals surface area contributed by atoms with Crippen LogP contribution in [0.5, 0.6) is 0 Å². The molecule has 0 bridgehead atoms. The lowest BCUT2D eigenvalue weighted by molar-refractivity contribution is -0.126. The molecule has 0 saturated carbocycles. The number of rotatable bonds is 2. The molecule has 3 nitrogen and oxygen atoms in total. The lowest BCUT2D eigenvalue weighted by Crippen LogP contribution is -2.62. The molecule has 0 aromatic rings. The Balaban J connectivity index is 2.63. The maximum atomic E-state index is 11.7. The first-order valence-corrected chi connectivity index (χ1v) is 4.52. The van der Waals surface area contributed by atoms with E-state index in [-0.39, 0.29) is 11.2 Å². The molecule has 0 aromatic heterocycles. The Morgan fingerprint density at radius 2 is 2.08 bits per heavy atom. The van der Waals surface area contributed by atoms with Crippen LogP contribution in [0.1, 0.15) is 27.2 Å². The molecule has 1 rings (SSSR count). The highest BCUT2D eigenvalue weighted by molar-refractivity contribution is 5.92. The van der Waals surface area contributed by atoms with Gasteiger partial charge in [-0.25, -0.2) is 6.57 Å². The standard InChI is InChI=1S/C10H16N2O/c1-9(2,3)5-8(13)10(11-4)6-12-7-10/h12H,5-7H2,1-3H3. The second-order valence-electron chi connectivity index (χ2n) is 4.91. The van der Waals surface area contributed by atoms with Crippen molar-refractivity contribution in [3.05, 3.63) is 11.4 Å². The van der Waals surface area contributed by atoms with E-state index in [1.807, 2.05) is 20.8 Å². The maximum absolute atomic E-state index is 11.7. The summed E-state index contributed by atoms with van der Waals surface area (Å²) in [6, 6.07) is 0. The van der Waals surface area contributed by atoms with Gasteiger partial charge in [-0.15, -0.1) is 0 Å². The third kappa shape index (κ3) is 2.07. The average molecular weight is 180 g/mol. The van der Waals surface area contributed by atoms with Gasteiger partial charge in [-0.05, 0) is 5.41 Å². The second kappa shape index (κ2) is 3.12. The van der Waals surface area contributed by atoms with E-state index < -0.39 is 5.54 Å². The number of hydrogen-bond donors (Lipinski definition) is 1. The van der Waals surface area contributed by atoms with E-state index in [4.69, 9.17) is 6.57 Å². The molecule has 1 saturated heterocycles. The summed E-state index contributed by atoms with van der Waals surface area (Å²) in [4.78, 5) is 15.2. The Kier molecular flexibility index (Phi) is 2.44. The minimum absolute atomic E-state index is 0.00956. The highest BCUT2D eigenvalue weighted by Gasteiger charge is 2.51. The lowest BCUT2D eigenvalue weighted by Gasteiger charge is -2.31. The lowest BCUT2D eigenvalue weighted by atomic mass is 9.79. The summed E-state index contributed by atoms with van der Waals surface area (Å²) >= 11 is 0. The van der Waals surface area contributed by atoms with Gasteiger partial charge in [0, 0.05) is 6.42 Å². The van der Waals surface area contributed by atoms with Gasteiger partial charge < -0.3 is 5.32 Å². The molecule has 0 amide bonds. The minimum atomic E-state index is -0.729. The Morgan fingerprint density at radius 3 is 2.31 bits per heavy atom. The van der Waals surface area contributed by atoms with E-state index in [2.05, 4.69) is 10.2 Å². The largest absolute Gasteiger partial charge is 0.313 e. The van der Waals surface area contributed by atoms with Gasteiger partial charge in [0.25, 0.3) is 0 Å². The Hall–Kier alpha value is -0.880. The predicted octanol–water partition coefficient (Wildman–Crippen LogP) is 1.25. The van der Waals surface area contributed by atoms with Gasteiger partial charge in [0.1, 0.15) is 0 Å². The Labute approximate surface area is 79.3 Å². The molecule has 0 aromatic carbocycles. The quantitative estimate of drug-likeness (QED) is 0.649. The van der Waals surface area contributed by atoms with Crippen LogP contribution >= 0.6 is 0 Å². The van der Waals surface area contributed by atoms with E-state index in [0.29, 0.717) is 19.5 Å². The zero-order valence-corrected chi connectivity index (χ0v) is 8.48. The monoisotopic (exact) mass is 180 g/mol. The van der Waals surface area contributed by atoms with Gasteiger partial charge >= 0.3 is 5.54 Å². The van der Waals surface area contributed by atoms with E-state index in [1.54, 1.807) is 0 Å². The number of hydrogen-bond acceptors (Lipinski definition) is 2. The van der Waals surface area contributed by atoms with Crippen molar-refractivity contribution in [2.45, 2.75) is 32.7 Å². The molecule has 1 heterocycles. The van der Waals surface area contributed by atoms with Gasteiger partial charge in [0.15, 0.2) is 0 Å². The van der Waals surface area contributed by atoms with Crippen LogP contribution in [-0.2, 0) is 4.79 Å². The predicted molar refractivity (Wildman–Crippen MR) is 51.3 cm³/mol. The molecule has 72 valence electrons. The van der Waals surface area contributed by atoms with Crippen LogP contribution in [0.25, 0.3) is 4.85 Å². The number of nitrogens with zero attached hydrogens (tertiary/aromatic N) is 1. The van der Waals surface area contributed by atoms with Crippen LogP contribution in [0.3, 0.4) is 0 Å². The zero-order chi connectivity index (χ0) is 10.1. The Morgan fingerprint density at radius 1 is 1.54 bits per heavy atom. The van der Waals surface area contributed by atoms with Crippen LogP contribution in [0, 0.1) is 12.0 Å². The summed E-state index contributed by atoms with van der Waals surface area (Å²) in [5, 5.41) is 2.99. The molecule has 3 heteroatoms. The van der Waals surface area contributed by atoms with E-state index >= 15 is 0 Å². The van der Waals surface area contributed by atoms with Gasteiger partial charge in [0.05, 0.1) is 13.1 Å². The van der Waals surface area contributed by atoms with E-state index in [1.165, 1.54) is 0 Å². The minimum Gasteiger partial charge on any atom is -0.301 e. The summed E-state index contributed by atoms with van der Waals surface area (Å²) in [6.45, 7) is 14.1. The number of carbonyl (C=O) groups excluding carboxylic acids is 1. The third-order valence-electron chi connectivity index (χ3n) is 2.26. The number of Topliss-reactive ketones (excluding diaryl/α,β-unsaturated/α-hetero) is 1. The van der Waals surface area contributed by atoms with Gasteiger partial charge in [0.2, 0.25) is 5.78 Å². The van der Waals surface area contributed by atoms with Crippen molar-refractivity contribution in [3.8, 4) is 0 Å². The normalized spacial score (nSPS) is 20.2. The van der Waals surface area contributed by atoms with Crippen molar-refractivity contribution in [2.24, 2.45) is 5.41 Å². The van der Waals surface area contributed by atoms with Crippen molar-refractivity contribution in [3.63, 3.8) is 0 Å². The molecule has 0 spiro atoms. The summed E-state index contributed by atoms with van der Waals surface area (Å²) in [5.74, 6) is 0.0914. The molecule has 0 radical (unpaired) electrons. The molecule has 1 N–H and O–H groups in total. The Bertz CT molecular complexity index is 253. The molecule has 13 heavy (non-hydrogen) atoms. The molecule has 0 aliphatic carbocycles. The summed E-state index contributed by atoms with van der Waals surface area (Å²) in [7, 11) is 0. The van der Waals surface area contributed by atoms with Crippen LogP contribution in [0.4, 0.5) is 0 Å². The van der Waals surface area contributed by atoms with Crippen molar-refractivity contribution < 1.29 is 4.79 Å². The summed E-state index contributed by atoms with van der Waals surface area (Å²) < 4.78 is 0. The molecule has 1 aliphatic heterocycles. The van der Waals surface area contributed by atoms with E-state index in [9.17, 15) is 4.79 Å². The first kappa shape index (κ1) is 10.2. The van der Waals surface area contributed by atoms with Gasteiger partial charge in [-0.2, -0.15) is 0 Å². The molecule has 1 fully saturated rings. The fraction of sp³-hybridized carbons (Fsp3) is 0.800. The first-order chi connectivity index (χ1) is 5.90. The molecular weight excluding hydrogens is 164 g/mol. The fourth-order valence-electron chi connectivity index (χ4n) is 1.35. The number of nitrogens with one attached hydrogen (secondary N) is 1. The molecular formula is C10H16N2O. The van der Waals surface area contributed by atoms with Crippen LogP contribution < -0.4 is 5.32 Å². The molecule has 1 aliphatic rings. The zero-order valence-electron chi connectivity index (χ0n) is 8.48. The first-order valence-electron chi connectivity index (χ1n) is 4.52. The smallest absolute Gasteiger partial charge is 0.301 e.